The van der Waals surface area contributed by atoms with Crippen molar-refractivity contribution >= 4 is 10.8 Å². The second-order valence-corrected chi connectivity index (χ2v) is 8.28. The van der Waals surface area contributed by atoms with Crippen molar-refractivity contribution in [3.8, 4) is 0 Å². The zero-order valence-corrected chi connectivity index (χ0v) is 14.7. The lowest BCUT2D eigenvalue weighted by Gasteiger charge is -2.29. The van der Waals surface area contributed by atoms with Crippen LogP contribution in [-0.2, 0) is 10.8 Å². The van der Waals surface area contributed by atoms with Gasteiger partial charge in [0, 0.05) is 15.4 Å². The lowest BCUT2D eigenvalue weighted by molar-refractivity contribution is -0.00704. The molecule has 23 heavy (non-hydrogen) atoms. The number of aliphatic hydroxyl groups excluding tert-OH is 1. The molecule has 4 heteroatoms. The van der Waals surface area contributed by atoms with E-state index >= 15 is 0 Å². The summed E-state index contributed by atoms with van der Waals surface area (Å²) in [7, 11) is -1.48. The third kappa shape index (κ3) is 4.06. The molecule has 3 atom stereocenters. The molecule has 0 bridgehead atoms. The number of hydrogen-bond donors (Lipinski definition) is 1. The smallest absolute Gasteiger partial charge is 0.153 e. The third-order valence-electron chi connectivity index (χ3n) is 3.82. The Hall–Kier alpha value is -1.52. The van der Waals surface area contributed by atoms with Crippen LogP contribution in [0.3, 0.4) is 0 Å². The highest BCUT2D eigenvalue weighted by Gasteiger charge is 2.33. The third-order valence-corrected chi connectivity index (χ3v) is 5.29. The second-order valence-electron chi connectivity index (χ2n) is 6.83. The summed E-state index contributed by atoms with van der Waals surface area (Å²) in [6.45, 7) is 7.30. The van der Waals surface area contributed by atoms with Gasteiger partial charge in [-0.25, -0.2) is 8.60 Å². The fourth-order valence-corrected chi connectivity index (χ4v) is 3.51. The first-order valence-corrected chi connectivity index (χ1v) is 8.76. The van der Waals surface area contributed by atoms with Gasteiger partial charge >= 0.3 is 0 Å². The fourth-order valence-electron chi connectivity index (χ4n) is 2.28. The van der Waals surface area contributed by atoms with Crippen LogP contribution in [0.5, 0.6) is 0 Å². The Balaban J connectivity index is 2.41. The zero-order valence-electron chi connectivity index (χ0n) is 13.9. The van der Waals surface area contributed by atoms with Crippen LogP contribution >= 0.6 is 0 Å². The molecule has 1 N–H and O–H groups in total. The summed E-state index contributed by atoms with van der Waals surface area (Å²) < 4.78 is 27.7. The van der Waals surface area contributed by atoms with Crippen molar-refractivity contribution in [1.29, 1.82) is 0 Å². The average Bonchev–Trinajstić information content (AvgIpc) is 2.52. The van der Waals surface area contributed by atoms with Crippen molar-refractivity contribution in [2.45, 2.75) is 49.8 Å². The van der Waals surface area contributed by atoms with Gasteiger partial charge in [0.1, 0.15) is 0 Å². The van der Waals surface area contributed by atoms with E-state index in [0.717, 1.165) is 5.56 Å². The summed E-state index contributed by atoms with van der Waals surface area (Å²) in [5.41, 5.74) is 0.761. The standard InChI is InChI=1S/C19H23FO2S/c1-13-9-11-14(12-10-13)23(22)16-8-6-5-7-15(16)17(20)18(21)19(2,3)4/h5-12,17-18,21H,1-4H3/t17-,18+,23-/m0/s1. The van der Waals surface area contributed by atoms with Gasteiger partial charge in [0.2, 0.25) is 0 Å². The largest absolute Gasteiger partial charge is 0.389 e. The predicted molar refractivity (Wildman–Crippen MR) is 91.6 cm³/mol. The first kappa shape index (κ1) is 17.8. The molecule has 0 aliphatic carbocycles. The van der Waals surface area contributed by atoms with E-state index in [1.165, 1.54) is 0 Å². The number of hydrogen-bond acceptors (Lipinski definition) is 2. The maximum absolute atomic E-state index is 14.8. The van der Waals surface area contributed by atoms with Crippen LogP contribution in [0.25, 0.3) is 0 Å². The minimum atomic E-state index is -1.58. The van der Waals surface area contributed by atoms with Crippen LogP contribution in [-0.4, -0.2) is 15.4 Å². The van der Waals surface area contributed by atoms with E-state index in [4.69, 9.17) is 0 Å². The molecule has 0 aliphatic rings. The van der Waals surface area contributed by atoms with E-state index < -0.39 is 28.5 Å². The monoisotopic (exact) mass is 334 g/mol. The highest BCUT2D eigenvalue weighted by atomic mass is 32.2. The van der Waals surface area contributed by atoms with Gasteiger partial charge in [-0.2, -0.15) is 0 Å². The maximum atomic E-state index is 14.8. The fraction of sp³-hybridized carbons (Fsp3) is 0.368. The van der Waals surface area contributed by atoms with Gasteiger partial charge in [-0.1, -0.05) is 56.7 Å². The van der Waals surface area contributed by atoms with Gasteiger partial charge < -0.3 is 5.11 Å². The number of aryl methyl sites for hydroxylation is 1. The van der Waals surface area contributed by atoms with Crippen molar-refractivity contribution in [3.63, 3.8) is 0 Å². The Morgan fingerprint density at radius 2 is 1.61 bits per heavy atom. The first-order chi connectivity index (χ1) is 10.7. The van der Waals surface area contributed by atoms with E-state index in [1.807, 2.05) is 19.1 Å². The van der Waals surface area contributed by atoms with Gasteiger partial charge in [-0.05, 0) is 30.5 Å². The van der Waals surface area contributed by atoms with Crippen LogP contribution in [0, 0.1) is 12.3 Å². The Bertz CT molecular complexity index is 689. The molecule has 0 spiro atoms. The molecule has 0 amide bonds. The number of halogens is 1. The first-order valence-electron chi connectivity index (χ1n) is 7.61. The summed E-state index contributed by atoms with van der Waals surface area (Å²) >= 11 is 0. The average molecular weight is 334 g/mol. The summed E-state index contributed by atoms with van der Waals surface area (Å²) in [5, 5.41) is 10.2. The molecule has 2 aromatic rings. The van der Waals surface area contributed by atoms with Crippen molar-refractivity contribution in [2.24, 2.45) is 5.41 Å². The Morgan fingerprint density at radius 3 is 2.17 bits per heavy atom. The summed E-state index contributed by atoms with van der Waals surface area (Å²) in [4.78, 5) is 1.03. The predicted octanol–water partition coefficient (Wildman–Crippen LogP) is 4.58. The second kappa shape index (κ2) is 6.93. The SMILES string of the molecule is Cc1ccc([S@](=O)c2ccccc2[C@H](F)[C@@H](O)C(C)(C)C)cc1. The molecular weight excluding hydrogens is 311 g/mol. The molecule has 0 saturated carbocycles. The molecule has 0 saturated heterocycles. The molecule has 0 radical (unpaired) electrons. The summed E-state index contributed by atoms with van der Waals surface area (Å²) in [6, 6.07) is 14.0. The molecule has 2 rings (SSSR count). The van der Waals surface area contributed by atoms with Crippen LogP contribution in [0.1, 0.15) is 38.1 Å². The van der Waals surface area contributed by atoms with Gasteiger partial charge in [0.05, 0.1) is 16.9 Å². The molecule has 2 aromatic carbocycles. The lowest BCUT2D eigenvalue weighted by Crippen LogP contribution is -2.31. The molecule has 0 heterocycles. The van der Waals surface area contributed by atoms with E-state index in [1.54, 1.807) is 57.2 Å². The van der Waals surface area contributed by atoms with Gasteiger partial charge in [-0.15, -0.1) is 0 Å². The molecule has 124 valence electrons. The van der Waals surface area contributed by atoms with E-state index in [2.05, 4.69) is 0 Å². The molecule has 0 aliphatic heterocycles. The number of benzene rings is 2. The summed E-state index contributed by atoms with van der Waals surface area (Å²) in [6.07, 6.45) is -2.75. The quantitative estimate of drug-likeness (QED) is 0.888. The minimum Gasteiger partial charge on any atom is -0.389 e. The maximum Gasteiger partial charge on any atom is 0.153 e. The van der Waals surface area contributed by atoms with Crippen LogP contribution < -0.4 is 0 Å². The van der Waals surface area contributed by atoms with Gasteiger partial charge in [0.25, 0.3) is 0 Å². The normalized spacial score (nSPS) is 15.9. The molecule has 0 fully saturated rings. The van der Waals surface area contributed by atoms with Gasteiger partial charge in [-0.3, -0.25) is 0 Å². The van der Waals surface area contributed by atoms with Crippen molar-refractivity contribution < 1.29 is 13.7 Å². The Morgan fingerprint density at radius 1 is 1.04 bits per heavy atom. The highest BCUT2D eigenvalue weighted by Crippen LogP contribution is 2.36. The minimum absolute atomic E-state index is 0.286. The van der Waals surface area contributed by atoms with Gasteiger partial charge in [0.15, 0.2) is 6.17 Å². The van der Waals surface area contributed by atoms with Crippen molar-refractivity contribution in [3.05, 3.63) is 59.7 Å². The molecule has 0 unspecified atom stereocenters. The number of alkyl halides is 1. The van der Waals surface area contributed by atoms with Crippen LogP contribution in [0.15, 0.2) is 58.3 Å². The summed E-state index contributed by atoms with van der Waals surface area (Å²) in [5.74, 6) is 0. The van der Waals surface area contributed by atoms with E-state index in [-0.39, 0.29) is 5.56 Å². The number of rotatable bonds is 4. The van der Waals surface area contributed by atoms with Crippen molar-refractivity contribution in [2.75, 3.05) is 0 Å². The van der Waals surface area contributed by atoms with Crippen molar-refractivity contribution in [1.82, 2.24) is 0 Å². The molecular formula is C19H23FO2S. The Kier molecular flexibility index (Phi) is 5.37. The van der Waals surface area contributed by atoms with Crippen LogP contribution in [0.4, 0.5) is 4.39 Å². The zero-order chi connectivity index (χ0) is 17.2. The van der Waals surface area contributed by atoms with Crippen LogP contribution in [0.2, 0.25) is 0 Å². The molecule has 2 nitrogen and oxygen atoms in total. The molecule has 0 aromatic heterocycles. The topological polar surface area (TPSA) is 37.3 Å². The number of aliphatic hydroxyl groups is 1. The van der Waals surface area contributed by atoms with E-state index in [0.29, 0.717) is 9.79 Å². The van der Waals surface area contributed by atoms with E-state index in [9.17, 15) is 13.7 Å². The lowest BCUT2D eigenvalue weighted by atomic mass is 9.84. The Labute approximate surface area is 139 Å². The highest BCUT2D eigenvalue weighted by molar-refractivity contribution is 7.85.